The summed E-state index contributed by atoms with van der Waals surface area (Å²) in [7, 11) is 0. The van der Waals surface area contributed by atoms with Crippen LogP contribution in [0.1, 0.15) is 32.7 Å². The Kier molecular flexibility index (Phi) is 2.62. The number of nitrogen functional groups attached to an aromatic ring is 1. The number of anilines is 1. The number of nitrogens with zero attached hydrogens (tertiary/aromatic N) is 2. The van der Waals surface area contributed by atoms with Crippen LogP contribution in [0.2, 0.25) is 0 Å². The standard InChI is InChI=1S/C12H17N3/c1-3-4-9(2)15-8-14-11-7-10(13)5-6-12(11)15/h5-9H,3-4,13H2,1-2H3. The SMILES string of the molecule is CCCC(C)n1cnc2cc(N)ccc21. The molecule has 0 spiro atoms. The van der Waals surface area contributed by atoms with Crippen LogP contribution < -0.4 is 5.73 Å². The molecular formula is C12H17N3. The summed E-state index contributed by atoms with van der Waals surface area (Å²) >= 11 is 0. The summed E-state index contributed by atoms with van der Waals surface area (Å²) in [5.41, 5.74) is 8.65. The van der Waals surface area contributed by atoms with E-state index in [0.717, 1.165) is 11.2 Å². The van der Waals surface area contributed by atoms with Gasteiger partial charge < -0.3 is 10.3 Å². The fourth-order valence-electron chi connectivity index (χ4n) is 1.96. The number of hydrogen-bond acceptors (Lipinski definition) is 2. The minimum Gasteiger partial charge on any atom is -0.399 e. The lowest BCUT2D eigenvalue weighted by Gasteiger charge is -2.12. The van der Waals surface area contributed by atoms with Crippen molar-refractivity contribution in [2.75, 3.05) is 5.73 Å². The fourth-order valence-corrected chi connectivity index (χ4v) is 1.96. The summed E-state index contributed by atoms with van der Waals surface area (Å²) in [5, 5.41) is 0. The summed E-state index contributed by atoms with van der Waals surface area (Å²) in [6.07, 6.45) is 4.27. The van der Waals surface area contributed by atoms with Gasteiger partial charge in [-0.15, -0.1) is 0 Å². The Balaban J connectivity index is 2.44. The third-order valence-electron chi connectivity index (χ3n) is 2.78. The van der Waals surface area contributed by atoms with Crippen LogP contribution in [0.4, 0.5) is 5.69 Å². The van der Waals surface area contributed by atoms with Gasteiger partial charge in [-0.25, -0.2) is 4.98 Å². The van der Waals surface area contributed by atoms with Gasteiger partial charge in [-0.05, 0) is 31.5 Å². The summed E-state index contributed by atoms with van der Waals surface area (Å²) < 4.78 is 2.22. The second-order valence-corrected chi connectivity index (χ2v) is 4.04. The van der Waals surface area contributed by atoms with Crippen molar-refractivity contribution in [3.63, 3.8) is 0 Å². The first-order chi connectivity index (χ1) is 7.22. The summed E-state index contributed by atoms with van der Waals surface area (Å²) in [6, 6.07) is 6.40. The Morgan fingerprint density at radius 2 is 2.27 bits per heavy atom. The molecular weight excluding hydrogens is 186 g/mol. The van der Waals surface area contributed by atoms with Crippen molar-refractivity contribution in [2.24, 2.45) is 0 Å². The van der Waals surface area contributed by atoms with E-state index < -0.39 is 0 Å². The molecule has 1 aromatic heterocycles. The average molecular weight is 203 g/mol. The van der Waals surface area contributed by atoms with Crippen LogP contribution in [0.3, 0.4) is 0 Å². The van der Waals surface area contributed by atoms with Gasteiger partial charge >= 0.3 is 0 Å². The second-order valence-electron chi connectivity index (χ2n) is 4.04. The first kappa shape index (κ1) is 10.0. The van der Waals surface area contributed by atoms with Gasteiger partial charge in [0.05, 0.1) is 17.4 Å². The number of rotatable bonds is 3. The van der Waals surface area contributed by atoms with Gasteiger partial charge in [-0.1, -0.05) is 13.3 Å². The highest BCUT2D eigenvalue weighted by Crippen LogP contribution is 2.22. The number of benzene rings is 1. The van der Waals surface area contributed by atoms with Gasteiger partial charge in [0.1, 0.15) is 0 Å². The normalized spacial score (nSPS) is 13.2. The number of fused-ring (bicyclic) bond motifs is 1. The van der Waals surface area contributed by atoms with Gasteiger partial charge in [0, 0.05) is 11.7 Å². The van der Waals surface area contributed by atoms with Crippen LogP contribution in [0.5, 0.6) is 0 Å². The third kappa shape index (κ3) is 1.82. The average Bonchev–Trinajstić information content (AvgIpc) is 2.60. The van der Waals surface area contributed by atoms with E-state index in [-0.39, 0.29) is 0 Å². The molecule has 0 bridgehead atoms. The number of nitrogens with two attached hydrogens (primary N) is 1. The van der Waals surface area contributed by atoms with Gasteiger partial charge in [-0.2, -0.15) is 0 Å². The number of hydrogen-bond donors (Lipinski definition) is 1. The van der Waals surface area contributed by atoms with Crippen LogP contribution in [0.25, 0.3) is 11.0 Å². The summed E-state index contributed by atoms with van der Waals surface area (Å²) in [5.74, 6) is 0. The summed E-state index contributed by atoms with van der Waals surface area (Å²) in [4.78, 5) is 4.37. The van der Waals surface area contributed by atoms with Gasteiger partial charge in [0.25, 0.3) is 0 Å². The predicted octanol–water partition coefficient (Wildman–Crippen LogP) is 2.98. The molecule has 0 radical (unpaired) electrons. The molecule has 0 aliphatic heterocycles. The maximum atomic E-state index is 5.72. The highest BCUT2D eigenvalue weighted by atomic mass is 15.1. The Bertz CT molecular complexity index is 459. The highest BCUT2D eigenvalue weighted by Gasteiger charge is 2.08. The summed E-state index contributed by atoms with van der Waals surface area (Å²) in [6.45, 7) is 4.43. The van der Waals surface area contributed by atoms with Crippen molar-refractivity contribution in [3.05, 3.63) is 24.5 Å². The Labute approximate surface area is 89.9 Å². The first-order valence-electron chi connectivity index (χ1n) is 5.44. The Hall–Kier alpha value is -1.51. The topological polar surface area (TPSA) is 43.8 Å². The lowest BCUT2D eigenvalue weighted by Crippen LogP contribution is -2.02. The first-order valence-corrected chi connectivity index (χ1v) is 5.44. The number of aromatic nitrogens is 2. The molecule has 0 amide bonds. The maximum Gasteiger partial charge on any atom is 0.0960 e. The fraction of sp³-hybridized carbons (Fsp3) is 0.417. The highest BCUT2D eigenvalue weighted by molar-refractivity contribution is 5.79. The molecule has 1 unspecified atom stereocenters. The van der Waals surface area contributed by atoms with Gasteiger partial charge in [-0.3, -0.25) is 0 Å². The van der Waals surface area contributed by atoms with E-state index in [2.05, 4.69) is 23.4 Å². The largest absolute Gasteiger partial charge is 0.399 e. The minimum absolute atomic E-state index is 0.503. The van der Waals surface area contributed by atoms with Crippen LogP contribution >= 0.6 is 0 Å². The van der Waals surface area contributed by atoms with E-state index in [0.29, 0.717) is 6.04 Å². The minimum atomic E-state index is 0.503. The molecule has 1 aromatic carbocycles. The van der Waals surface area contributed by atoms with Crippen molar-refractivity contribution in [1.82, 2.24) is 9.55 Å². The molecule has 15 heavy (non-hydrogen) atoms. The quantitative estimate of drug-likeness (QED) is 0.779. The van der Waals surface area contributed by atoms with E-state index in [9.17, 15) is 0 Å². The zero-order valence-electron chi connectivity index (χ0n) is 9.27. The van der Waals surface area contributed by atoms with Gasteiger partial charge in [0.2, 0.25) is 0 Å². The molecule has 2 aromatic rings. The van der Waals surface area contributed by atoms with Crippen molar-refractivity contribution < 1.29 is 0 Å². The lowest BCUT2D eigenvalue weighted by molar-refractivity contribution is 0.512. The zero-order valence-corrected chi connectivity index (χ0v) is 9.27. The van der Waals surface area contributed by atoms with E-state index in [1.807, 2.05) is 24.5 Å². The van der Waals surface area contributed by atoms with Crippen molar-refractivity contribution in [2.45, 2.75) is 32.7 Å². The van der Waals surface area contributed by atoms with Crippen molar-refractivity contribution in [1.29, 1.82) is 0 Å². The molecule has 2 N–H and O–H groups in total. The third-order valence-corrected chi connectivity index (χ3v) is 2.78. The second kappa shape index (κ2) is 3.93. The van der Waals surface area contributed by atoms with E-state index in [1.54, 1.807) is 0 Å². The maximum absolute atomic E-state index is 5.72. The smallest absolute Gasteiger partial charge is 0.0960 e. The van der Waals surface area contributed by atoms with Crippen LogP contribution in [-0.4, -0.2) is 9.55 Å². The van der Waals surface area contributed by atoms with Crippen molar-refractivity contribution >= 4 is 16.7 Å². The molecule has 0 aliphatic rings. The Morgan fingerprint density at radius 1 is 1.47 bits per heavy atom. The number of imidazole rings is 1. The van der Waals surface area contributed by atoms with Crippen LogP contribution in [0, 0.1) is 0 Å². The molecule has 3 nitrogen and oxygen atoms in total. The predicted molar refractivity (Wildman–Crippen MR) is 63.8 cm³/mol. The van der Waals surface area contributed by atoms with E-state index >= 15 is 0 Å². The molecule has 0 fully saturated rings. The molecule has 2 rings (SSSR count). The van der Waals surface area contributed by atoms with E-state index in [4.69, 9.17) is 5.73 Å². The monoisotopic (exact) mass is 203 g/mol. The van der Waals surface area contributed by atoms with Crippen molar-refractivity contribution in [3.8, 4) is 0 Å². The lowest BCUT2D eigenvalue weighted by atomic mass is 10.2. The molecule has 1 atom stereocenters. The Morgan fingerprint density at radius 3 is 3.00 bits per heavy atom. The molecule has 80 valence electrons. The molecule has 0 saturated carbocycles. The zero-order chi connectivity index (χ0) is 10.8. The van der Waals surface area contributed by atoms with Crippen LogP contribution in [0.15, 0.2) is 24.5 Å². The van der Waals surface area contributed by atoms with E-state index in [1.165, 1.54) is 18.4 Å². The molecule has 1 heterocycles. The molecule has 0 saturated heterocycles. The molecule has 3 heteroatoms. The molecule has 0 aliphatic carbocycles. The van der Waals surface area contributed by atoms with Crippen LogP contribution in [-0.2, 0) is 0 Å². The van der Waals surface area contributed by atoms with Gasteiger partial charge in [0.15, 0.2) is 0 Å².